The number of urea groups is 1. The molecule has 10 nitrogen and oxygen atoms in total. The standard InChI is InChI=1S/C21H17ClF3N8O2/c1-14-27-30-32(28-14)18-13-33(12-11-26,29-19(18)15-7-9-16(22)10-8-15)20(34)31(35-21(23,24)25)17-5-3-2-4-6-17/h2-10,18H,12-13H2,1H3/q+1. The van der Waals surface area contributed by atoms with Gasteiger partial charge in [-0.15, -0.1) is 33.2 Å². The Morgan fingerprint density at radius 2 is 1.94 bits per heavy atom. The number of aryl methyl sites for hydroxylation is 1. The number of aromatic nitrogens is 4. The number of hydroxylamine groups is 1. The van der Waals surface area contributed by atoms with Crippen LogP contribution in [-0.2, 0) is 4.84 Å². The van der Waals surface area contributed by atoms with E-state index in [-0.39, 0.29) is 23.0 Å². The molecule has 2 atom stereocenters. The highest BCUT2D eigenvalue weighted by Crippen LogP contribution is 2.34. The van der Waals surface area contributed by atoms with E-state index >= 15 is 0 Å². The summed E-state index contributed by atoms with van der Waals surface area (Å²) in [6, 6.07) is 13.3. The number of rotatable bonds is 5. The summed E-state index contributed by atoms with van der Waals surface area (Å²) in [5.74, 6) is 0.336. The Kier molecular flexibility index (Phi) is 6.53. The topological polar surface area (TPSA) is 109 Å². The third-order valence-corrected chi connectivity index (χ3v) is 5.34. The number of para-hydroxylation sites is 1. The van der Waals surface area contributed by atoms with Gasteiger partial charge in [-0.1, -0.05) is 51.6 Å². The number of nitrogens with zero attached hydrogens (tertiary/aromatic N) is 8. The SMILES string of the molecule is Cc1nnn(C2C[N+](CC#N)(C(=O)N(OC(F)(F)F)c3ccccc3)N=C2c2ccc(Cl)cc2)n1. The molecule has 0 spiro atoms. The van der Waals surface area contributed by atoms with E-state index in [0.29, 0.717) is 16.4 Å². The van der Waals surface area contributed by atoms with Gasteiger partial charge in [0.05, 0.1) is 5.69 Å². The molecular weight excluding hydrogens is 489 g/mol. The van der Waals surface area contributed by atoms with Gasteiger partial charge in [0.2, 0.25) is 0 Å². The molecule has 4 rings (SSSR count). The minimum Gasteiger partial charge on any atom is -0.201 e. The molecule has 2 heterocycles. The van der Waals surface area contributed by atoms with Crippen molar-refractivity contribution in [2.45, 2.75) is 19.3 Å². The van der Waals surface area contributed by atoms with E-state index in [1.54, 1.807) is 37.3 Å². The summed E-state index contributed by atoms with van der Waals surface area (Å²) in [6.07, 6.45) is -5.19. The first-order chi connectivity index (χ1) is 16.6. The number of amides is 2. The predicted molar refractivity (Wildman–Crippen MR) is 117 cm³/mol. The van der Waals surface area contributed by atoms with Crippen LogP contribution < -0.4 is 5.06 Å². The fourth-order valence-corrected chi connectivity index (χ4v) is 3.74. The van der Waals surface area contributed by atoms with Gasteiger partial charge < -0.3 is 0 Å². The maximum atomic E-state index is 13.7. The number of tetrazole rings is 1. The Morgan fingerprint density at radius 3 is 2.51 bits per heavy atom. The molecule has 14 heteroatoms. The molecule has 0 saturated heterocycles. The highest BCUT2D eigenvalue weighted by molar-refractivity contribution is 6.30. The lowest BCUT2D eigenvalue weighted by molar-refractivity contribution is -0.845. The number of quaternary nitrogens is 1. The zero-order valence-corrected chi connectivity index (χ0v) is 18.8. The van der Waals surface area contributed by atoms with Gasteiger partial charge in [0.25, 0.3) is 0 Å². The minimum absolute atomic E-state index is 0.0999. The lowest BCUT2D eigenvalue weighted by atomic mass is 10.0. The molecule has 0 fully saturated rings. The largest absolute Gasteiger partial charge is 0.544 e. The highest BCUT2D eigenvalue weighted by Gasteiger charge is 2.54. The van der Waals surface area contributed by atoms with Gasteiger partial charge in [-0.25, -0.2) is 4.79 Å². The Balaban J connectivity index is 1.85. The van der Waals surface area contributed by atoms with Crippen LogP contribution in [0, 0.1) is 18.3 Å². The molecule has 0 saturated carbocycles. The smallest absolute Gasteiger partial charge is 0.201 e. The molecule has 2 unspecified atom stereocenters. The fourth-order valence-electron chi connectivity index (χ4n) is 3.61. The van der Waals surface area contributed by atoms with Crippen molar-refractivity contribution in [1.82, 2.24) is 20.2 Å². The molecule has 2 amide bonds. The third-order valence-electron chi connectivity index (χ3n) is 5.08. The lowest BCUT2D eigenvalue weighted by Gasteiger charge is -2.29. The predicted octanol–water partition coefficient (Wildman–Crippen LogP) is 4.01. The van der Waals surface area contributed by atoms with E-state index in [9.17, 15) is 23.2 Å². The number of halogens is 4. The van der Waals surface area contributed by atoms with Crippen LogP contribution in [0.5, 0.6) is 0 Å². The van der Waals surface area contributed by atoms with Crippen LogP contribution in [0.3, 0.4) is 0 Å². The molecule has 0 aliphatic carbocycles. The van der Waals surface area contributed by atoms with Crippen molar-refractivity contribution in [1.29, 1.82) is 5.26 Å². The molecule has 180 valence electrons. The molecule has 1 aliphatic heterocycles. The molecule has 3 aromatic rings. The van der Waals surface area contributed by atoms with Crippen LogP contribution in [0.1, 0.15) is 17.4 Å². The number of hydrogen-bond acceptors (Lipinski definition) is 7. The summed E-state index contributed by atoms with van der Waals surface area (Å²) < 4.78 is 38.9. The van der Waals surface area contributed by atoms with E-state index in [2.05, 4.69) is 25.3 Å². The Hall–Kier alpha value is -3.86. The minimum atomic E-state index is -5.19. The first-order valence-corrected chi connectivity index (χ1v) is 10.5. The fraction of sp³-hybridized carbons (Fsp3) is 0.238. The molecule has 1 aliphatic rings. The second kappa shape index (κ2) is 9.41. The van der Waals surface area contributed by atoms with Gasteiger partial charge >= 0.3 is 12.4 Å². The number of anilines is 1. The second-order valence-electron chi connectivity index (χ2n) is 7.54. The highest BCUT2D eigenvalue weighted by atomic mass is 35.5. The van der Waals surface area contributed by atoms with E-state index in [4.69, 9.17) is 11.6 Å². The Labute approximate surface area is 201 Å². The van der Waals surface area contributed by atoms with Gasteiger partial charge in [-0.05, 0) is 36.4 Å². The number of nitriles is 1. The van der Waals surface area contributed by atoms with E-state index in [0.717, 1.165) is 0 Å². The summed E-state index contributed by atoms with van der Waals surface area (Å²) in [5, 5.41) is 26.6. The normalized spacial score (nSPS) is 19.8. The van der Waals surface area contributed by atoms with Crippen LogP contribution >= 0.6 is 11.6 Å². The van der Waals surface area contributed by atoms with Gasteiger partial charge in [0, 0.05) is 10.6 Å². The van der Waals surface area contributed by atoms with Crippen molar-refractivity contribution in [3.05, 3.63) is 71.0 Å². The summed E-state index contributed by atoms with van der Waals surface area (Å²) in [5.41, 5.74) is 0.595. The molecule has 2 aromatic carbocycles. The monoisotopic (exact) mass is 505 g/mol. The quantitative estimate of drug-likeness (QED) is 0.294. The van der Waals surface area contributed by atoms with Crippen LogP contribution in [0.4, 0.5) is 23.7 Å². The number of benzene rings is 2. The van der Waals surface area contributed by atoms with Crippen LogP contribution in [0.2, 0.25) is 5.02 Å². The van der Waals surface area contributed by atoms with Gasteiger partial charge in [-0.3, -0.25) is 0 Å². The third kappa shape index (κ3) is 5.14. The number of alkyl halides is 3. The molecule has 0 N–H and O–H groups in total. The van der Waals surface area contributed by atoms with Gasteiger partial charge in [0.1, 0.15) is 18.3 Å². The maximum absolute atomic E-state index is 13.7. The zero-order valence-electron chi connectivity index (χ0n) is 18.1. The van der Waals surface area contributed by atoms with Crippen LogP contribution in [0.15, 0.2) is 59.7 Å². The van der Waals surface area contributed by atoms with E-state index in [1.807, 2.05) is 6.07 Å². The van der Waals surface area contributed by atoms with E-state index < -0.39 is 29.6 Å². The van der Waals surface area contributed by atoms with Gasteiger partial charge in [-0.2, -0.15) is 10.1 Å². The summed E-state index contributed by atoms with van der Waals surface area (Å²) in [4.78, 5) is 19.0. The average molecular weight is 506 g/mol. The Bertz CT molecular complexity index is 1290. The molecule has 35 heavy (non-hydrogen) atoms. The lowest BCUT2D eigenvalue weighted by Crippen LogP contribution is -2.56. The van der Waals surface area contributed by atoms with Crippen molar-refractivity contribution in [3.8, 4) is 6.07 Å². The van der Waals surface area contributed by atoms with E-state index in [1.165, 1.54) is 29.1 Å². The summed E-state index contributed by atoms with van der Waals surface area (Å²) in [7, 11) is 0. The molecular formula is C21H17ClF3N8O2+. The molecule has 0 radical (unpaired) electrons. The van der Waals surface area contributed by atoms with Crippen LogP contribution in [0.25, 0.3) is 0 Å². The molecule has 1 aromatic heterocycles. The zero-order chi connectivity index (χ0) is 25.2. The second-order valence-corrected chi connectivity index (χ2v) is 7.97. The van der Waals surface area contributed by atoms with Crippen LogP contribution in [-0.4, -0.2) is 56.0 Å². The summed E-state index contributed by atoms with van der Waals surface area (Å²) in [6.45, 7) is 0.768. The van der Waals surface area contributed by atoms with Crippen molar-refractivity contribution >= 4 is 29.0 Å². The Morgan fingerprint density at radius 1 is 1.26 bits per heavy atom. The first-order valence-electron chi connectivity index (χ1n) is 10.1. The number of carbonyl (C=O) groups excluding carboxylic acids is 1. The summed E-state index contributed by atoms with van der Waals surface area (Å²) >= 11 is 5.99. The molecule has 0 bridgehead atoms. The van der Waals surface area contributed by atoms with Crippen molar-refractivity contribution in [2.75, 3.05) is 18.2 Å². The van der Waals surface area contributed by atoms with Crippen molar-refractivity contribution < 1.29 is 27.4 Å². The average Bonchev–Trinajstić information content (AvgIpc) is 3.42. The van der Waals surface area contributed by atoms with Gasteiger partial charge in [0.15, 0.2) is 18.4 Å². The first kappa shape index (κ1) is 24.3. The maximum Gasteiger partial charge on any atom is 0.544 e. The van der Waals surface area contributed by atoms with Crippen molar-refractivity contribution in [2.24, 2.45) is 5.10 Å². The van der Waals surface area contributed by atoms with Crippen molar-refractivity contribution in [3.63, 3.8) is 0 Å². The number of hydrogen-bond donors (Lipinski definition) is 0. The number of carbonyl (C=O) groups is 1.